The number of amides is 2. The van der Waals surface area contributed by atoms with Crippen molar-refractivity contribution in [2.75, 3.05) is 24.5 Å². The lowest BCUT2D eigenvalue weighted by molar-refractivity contribution is -0.138. The quantitative estimate of drug-likeness (QED) is 0.890. The van der Waals surface area contributed by atoms with Crippen molar-refractivity contribution >= 4 is 29.1 Å². The molecule has 3 heterocycles. The molecule has 0 saturated carbocycles. The van der Waals surface area contributed by atoms with Crippen LogP contribution in [0, 0.1) is 5.92 Å². The molecule has 0 spiro atoms. The average Bonchev–Trinajstić information content (AvgIpc) is 3.06. The Balaban J connectivity index is 1.50. The Morgan fingerprint density at radius 3 is 2.67 bits per heavy atom. The first-order valence-corrected chi connectivity index (χ1v) is 9.10. The minimum absolute atomic E-state index is 0.0240. The zero-order valence-electron chi connectivity index (χ0n) is 13.6. The van der Waals surface area contributed by atoms with E-state index in [9.17, 15) is 9.59 Å². The number of nitrogens with one attached hydrogen (secondary N) is 1. The van der Waals surface area contributed by atoms with E-state index in [2.05, 4.69) is 10.2 Å². The number of anilines is 1. The molecular formula is C18H22ClN3O2. The molecule has 6 heteroatoms. The smallest absolute Gasteiger partial charge is 0.228 e. The molecule has 3 aliphatic heterocycles. The molecule has 0 radical (unpaired) electrons. The third-order valence-corrected chi connectivity index (χ3v) is 5.77. The standard InChI is InChI=1S/C18H22ClN3O2/c19-13-1-3-14(4-2-13)21-11-12(9-17(21)23)18(24)22-15-5-6-16(22)10-20-8-7-15/h1-4,12,15-16,20H,5-11H2. The van der Waals surface area contributed by atoms with Crippen molar-refractivity contribution in [3.63, 3.8) is 0 Å². The van der Waals surface area contributed by atoms with Gasteiger partial charge in [0.2, 0.25) is 11.8 Å². The van der Waals surface area contributed by atoms with Crippen LogP contribution in [0.2, 0.25) is 5.02 Å². The van der Waals surface area contributed by atoms with Crippen molar-refractivity contribution in [3.05, 3.63) is 29.3 Å². The molecule has 1 aromatic carbocycles. The van der Waals surface area contributed by atoms with E-state index in [1.54, 1.807) is 17.0 Å². The van der Waals surface area contributed by atoms with E-state index in [-0.39, 0.29) is 17.7 Å². The number of hydrogen-bond donors (Lipinski definition) is 1. The second-order valence-electron chi connectivity index (χ2n) is 7.01. The van der Waals surface area contributed by atoms with Crippen LogP contribution in [-0.2, 0) is 9.59 Å². The fourth-order valence-corrected chi connectivity index (χ4v) is 4.42. The first kappa shape index (κ1) is 15.9. The van der Waals surface area contributed by atoms with E-state index in [0.717, 1.165) is 38.0 Å². The molecule has 0 aliphatic carbocycles. The van der Waals surface area contributed by atoms with Crippen LogP contribution in [0.5, 0.6) is 0 Å². The molecule has 3 aliphatic rings. The molecule has 3 atom stereocenters. The Hall–Kier alpha value is -1.59. The molecule has 2 amide bonds. The summed E-state index contributed by atoms with van der Waals surface area (Å²) in [7, 11) is 0. The number of fused-ring (bicyclic) bond motifs is 2. The molecule has 0 aromatic heterocycles. The Morgan fingerprint density at radius 2 is 1.88 bits per heavy atom. The van der Waals surface area contributed by atoms with Gasteiger partial charge < -0.3 is 15.1 Å². The molecule has 128 valence electrons. The van der Waals surface area contributed by atoms with Gasteiger partial charge in [0, 0.05) is 42.3 Å². The highest BCUT2D eigenvalue weighted by molar-refractivity contribution is 6.30. The van der Waals surface area contributed by atoms with Gasteiger partial charge in [0.05, 0.1) is 5.92 Å². The highest BCUT2D eigenvalue weighted by Gasteiger charge is 2.44. The Labute approximate surface area is 146 Å². The number of carbonyl (C=O) groups is 2. The van der Waals surface area contributed by atoms with Crippen LogP contribution < -0.4 is 10.2 Å². The molecule has 3 saturated heterocycles. The molecule has 3 fully saturated rings. The minimum atomic E-state index is -0.227. The molecule has 4 rings (SSSR count). The zero-order valence-corrected chi connectivity index (χ0v) is 14.3. The molecular weight excluding hydrogens is 326 g/mol. The summed E-state index contributed by atoms with van der Waals surface area (Å²) in [4.78, 5) is 29.3. The lowest BCUT2D eigenvalue weighted by Gasteiger charge is -2.30. The molecule has 3 unspecified atom stereocenters. The van der Waals surface area contributed by atoms with Crippen molar-refractivity contribution < 1.29 is 9.59 Å². The Kier molecular flexibility index (Phi) is 4.22. The van der Waals surface area contributed by atoms with Gasteiger partial charge in [-0.3, -0.25) is 9.59 Å². The van der Waals surface area contributed by atoms with Gasteiger partial charge in [0.1, 0.15) is 0 Å². The lowest BCUT2D eigenvalue weighted by Crippen LogP contribution is -2.46. The van der Waals surface area contributed by atoms with Crippen molar-refractivity contribution in [2.45, 2.75) is 37.8 Å². The number of nitrogens with zero attached hydrogens (tertiary/aromatic N) is 2. The third-order valence-electron chi connectivity index (χ3n) is 5.52. The first-order chi connectivity index (χ1) is 11.6. The van der Waals surface area contributed by atoms with Crippen LogP contribution in [-0.4, -0.2) is 48.4 Å². The van der Waals surface area contributed by atoms with Crippen LogP contribution in [0.1, 0.15) is 25.7 Å². The molecule has 1 N–H and O–H groups in total. The van der Waals surface area contributed by atoms with E-state index >= 15 is 0 Å². The second-order valence-corrected chi connectivity index (χ2v) is 7.44. The fourth-order valence-electron chi connectivity index (χ4n) is 4.30. The summed E-state index contributed by atoms with van der Waals surface area (Å²) >= 11 is 5.92. The third kappa shape index (κ3) is 2.80. The van der Waals surface area contributed by atoms with E-state index in [0.29, 0.717) is 30.1 Å². The SMILES string of the molecule is O=C1CC(C(=O)N2C3CCNCC2CC3)CN1c1ccc(Cl)cc1. The fraction of sp³-hybridized carbons (Fsp3) is 0.556. The molecule has 1 aromatic rings. The normalized spacial score (nSPS) is 29.9. The molecule has 24 heavy (non-hydrogen) atoms. The number of rotatable bonds is 2. The summed E-state index contributed by atoms with van der Waals surface area (Å²) in [5, 5.41) is 4.06. The highest BCUT2D eigenvalue weighted by Crippen LogP contribution is 2.33. The maximum atomic E-state index is 13.1. The monoisotopic (exact) mass is 347 g/mol. The van der Waals surface area contributed by atoms with Gasteiger partial charge in [-0.15, -0.1) is 0 Å². The van der Waals surface area contributed by atoms with Gasteiger partial charge in [-0.1, -0.05) is 11.6 Å². The maximum Gasteiger partial charge on any atom is 0.228 e. The number of hydrogen-bond acceptors (Lipinski definition) is 3. The second kappa shape index (κ2) is 6.37. The van der Waals surface area contributed by atoms with Crippen LogP contribution in [0.25, 0.3) is 0 Å². The predicted molar refractivity (Wildman–Crippen MR) is 93.1 cm³/mol. The van der Waals surface area contributed by atoms with Gasteiger partial charge in [-0.25, -0.2) is 0 Å². The summed E-state index contributed by atoms with van der Waals surface area (Å²) in [6.07, 6.45) is 3.50. The number of carbonyl (C=O) groups excluding carboxylic acids is 2. The minimum Gasteiger partial charge on any atom is -0.335 e. The molecule has 2 bridgehead atoms. The summed E-state index contributed by atoms with van der Waals surface area (Å²) in [5.74, 6) is -0.0404. The van der Waals surface area contributed by atoms with Gasteiger partial charge in [0.25, 0.3) is 0 Å². The van der Waals surface area contributed by atoms with Crippen molar-refractivity contribution in [3.8, 4) is 0 Å². The van der Waals surface area contributed by atoms with E-state index in [1.807, 2.05) is 12.1 Å². The van der Waals surface area contributed by atoms with Crippen molar-refractivity contribution in [2.24, 2.45) is 5.92 Å². The van der Waals surface area contributed by atoms with Crippen LogP contribution in [0.4, 0.5) is 5.69 Å². The predicted octanol–water partition coefficient (Wildman–Crippen LogP) is 2.05. The largest absolute Gasteiger partial charge is 0.335 e. The Morgan fingerprint density at radius 1 is 1.12 bits per heavy atom. The zero-order chi connectivity index (χ0) is 16.7. The van der Waals surface area contributed by atoms with E-state index in [4.69, 9.17) is 11.6 Å². The molecule has 5 nitrogen and oxygen atoms in total. The highest BCUT2D eigenvalue weighted by atomic mass is 35.5. The average molecular weight is 348 g/mol. The van der Waals surface area contributed by atoms with Crippen LogP contribution in [0.15, 0.2) is 24.3 Å². The number of benzene rings is 1. The van der Waals surface area contributed by atoms with Gasteiger partial charge >= 0.3 is 0 Å². The summed E-state index contributed by atoms with van der Waals surface area (Å²) in [6.45, 7) is 2.33. The van der Waals surface area contributed by atoms with Crippen molar-refractivity contribution in [1.29, 1.82) is 0 Å². The first-order valence-electron chi connectivity index (χ1n) is 8.72. The summed E-state index contributed by atoms with van der Waals surface area (Å²) in [6, 6.07) is 7.88. The Bertz CT molecular complexity index is 634. The van der Waals surface area contributed by atoms with Crippen molar-refractivity contribution in [1.82, 2.24) is 10.2 Å². The van der Waals surface area contributed by atoms with Gasteiger partial charge in [-0.05, 0) is 50.1 Å². The summed E-state index contributed by atoms with van der Waals surface area (Å²) in [5.41, 5.74) is 0.820. The maximum absolute atomic E-state index is 13.1. The summed E-state index contributed by atoms with van der Waals surface area (Å²) < 4.78 is 0. The van der Waals surface area contributed by atoms with Gasteiger partial charge in [0.15, 0.2) is 0 Å². The topological polar surface area (TPSA) is 52.7 Å². The lowest BCUT2D eigenvalue weighted by atomic mass is 10.1. The number of halogens is 1. The van der Waals surface area contributed by atoms with Crippen LogP contribution in [0.3, 0.4) is 0 Å². The van der Waals surface area contributed by atoms with Crippen LogP contribution >= 0.6 is 11.6 Å². The van der Waals surface area contributed by atoms with E-state index in [1.165, 1.54) is 0 Å². The van der Waals surface area contributed by atoms with Gasteiger partial charge in [-0.2, -0.15) is 0 Å². The van der Waals surface area contributed by atoms with E-state index < -0.39 is 0 Å².